The molecule has 0 bridgehead atoms. The van der Waals surface area contributed by atoms with Gasteiger partial charge in [0.25, 0.3) is 0 Å². The van der Waals surface area contributed by atoms with Crippen molar-refractivity contribution in [3.8, 4) is 23.0 Å². The van der Waals surface area contributed by atoms with Gasteiger partial charge in [0, 0.05) is 42.7 Å². The third-order valence-electron chi connectivity index (χ3n) is 12.1. The van der Waals surface area contributed by atoms with Gasteiger partial charge in [-0.15, -0.1) is 12.4 Å². The topological polar surface area (TPSA) is 339 Å². The van der Waals surface area contributed by atoms with Crippen LogP contribution in [0.2, 0.25) is 0 Å². The molecule has 0 radical (unpaired) electrons. The van der Waals surface area contributed by atoms with Crippen molar-refractivity contribution in [2.24, 2.45) is 0 Å². The molecule has 4 aromatic rings. The van der Waals surface area contributed by atoms with Crippen molar-refractivity contribution >= 4 is 70.8 Å². The summed E-state index contributed by atoms with van der Waals surface area (Å²) < 4.78 is 9.03. The molecular weight excluding hydrogens is 1260 g/mol. The van der Waals surface area contributed by atoms with Gasteiger partial charge >= 0.3 is 23.9 Å². The fourth-order valence-electron chi connectivity index (χ4n) is 7.38. The number of rotatable bonds is 34. The van der Waals surface area contributed by atoms with Crippen LogP contribution in [0.3, 0.4) is 0 Å². The van der Waals surface area contributed by atoms with E-state index in [-0.39, 0.29) is 84.3 Å². The molecule has 0 aliphatic rings. The molecule has 0 aliphatic carbocycles. The maximum Gasteiger partial charge on any atom is 0.341 e. The summed E-state index contributed by atoms with van der Waals surface area (Å²) in [6.45, 7) is 4.28. The average Bonchev–Trinajstić information content (AvgIpc) is 0.905. The number of carboxylic acid groups (broad SMARTS) is 2. The Kier molecular flexibility index (Phi) is 59.3. The van der Waals surface area contributed by atoms with Crippen LogP contribution in [0.5, 0.6) is 23.0 Å². The van der Waals surface area contributed by atoms with E-state index in [1.807, 2.05) is 24.3 Å². The smallest absolute Gasteiger partial charge is 0.341 e. The maximum absolute atomic E-state index is 12.1. The monoisotopic (exact) mass is 1360 g/mol. The van der Waals surface area contributed by atoms with E-state index < -0.39 is 23.9 Å². The first-order chi connectivity index (χ1) is 45.4. The standard InChI is InChI=1S/C30H39NO4.C29H37NO4.C8H9NO3.C7H7NO3.CH4O.2CH4.ClH/c1-3-4-5-6-7-8-9-10-11-12-13-14-15-16-17-18-19-20-21-22-29(33)31-26-23-24-28(32)27(25-26)30(34)35-2;1-2-3-4-5-6-7-8-9-10-11-12-13-14-15-16-17-18-19-20-21-28(32)30-25-22-23-27(31)26(24-25)29(33)34;1-12-8(11)6-4-5(9)2-3-7(6)10;8-4-1-2-6(9)5(3-4)7(10)11;1-2;;;/h4-5,7-8,10-11,13-14,16-17,19-20,23-25,32H,3,6,9,12,15,18,21-22H2,1-2H3,(H,31,33);3-4,6-7,9-10,12-13,15-16,18-19,22-24,31H,2,5,8,11,14,17,20-21H2,1H3,(H,30,32)(H,33,34);2-4,10H,9H2,1H3;1-3,9H,8H2,(H,10,11);2H,1H3;2*1H4;1H/b5-4-,8-7-,11-10-,14-13-,17-16-,20-19-;4-3-,7-6-,10-9-,13-12-,16-15-,19-18-;;;;;;. The van der Waals surface area contributed by atoms with E-state index >= 15 is 0 Å². The minimum Gasteiger partial charge on any atom is -0.507 e. The molecule has 13 N–H and O–H groups in total. The predicted molar refractivity (Wildman–Crippen MR) is 399 cm³/mol. The summed E-state index contributed by atoms with van der Waals surface area (Å²) in [4.78, 5) is 68.0. The molecule has 0 spiro atoms. The summed E-state index contributed by atoms with van der Waals surface area (Å²) in [6, 6.07) is 16.4. The highest BCUT2D eigenvalue weighted by atomic mass is 35.5. The number of nitrogens with one attached hydrogen (secondary N) is 2. The number of phenols is 4. The maximum atomic E-state index is 12.1. The minimum atomic E-state index is -1.24. The fourth-order valence-corrected chi connectivity index (χ4v) is 7.38. The summed E-state index contributed by atoms with van der Waals surface area (Å²) in [5, 5.41) is 67.2. The van der Waals surface area contributed by atoms with Crippen LogP contribution in [-0.4, -0.2) is 92.8 Å². The first-order valence-electron chi connectivity index (χ1n) is 30.7. The molecule has 20 heteroatoms. The molecule has 0 unspecified atom stereocenters. The predicted octanol–water partition coefficient (Wildman–Crippen LogP) is 17.8. The molecule has 0 saturated heterocycles. The van der Waals surface area contributed by atoms with Crippen LogP contribution < -0.4 is 22.1 Å². The molecule has 0 heterocycles. The number of carboxylic acids is 2. The second kappa shape index (κ2) is 61.8. The van der Waals surface area contributed by atoms with Gasteiger partial charge < -0.3 is 67.3 Å². The highest BCUT2D eigenvalue weighted by Crippen LogP contribution is 2.24. The molecule has 0 fully saturated rings. The molecule has 4 rings (SSSR count). The lowest BCUT2D eigenvalue weighted by atomic mass is 10.1. The number of aliphatic hydroxyl groups is 1. The number of phenolic OH excluding ortho intramolecular Hbond substituents is 2. The zero-order valence-corrected chi connectivity index (χ0v) is 55.9. The molecule has 0 saturated carbocycles. The fraction of sp³-hybridized carbons (Fsp3) is 0.299. The van der Waals surface area contributed by atoms with Crippen molar-refractivity contribution in [3.05, 3.63) is 241 Å². The summed E-state index contributed by atoms with van der Waals surface area (Å²) in [5.41, 5.74) is 11.9. The van der Waals surface area contributed by atoms with E-state index in [1.54, 1.807) is 0 Å². The molecule has 2 amide bonds. The number of hydrogen-bond donors (Lipinski definition) is 11. The number of amides is 2. The molecule has 19 nitrogen and oxygen atoms in total. The largest absolute Gasteiger partial charge is 0.507 e. The molecular formula is C77H105ClN4O15. The SMILES string of the molecule is C.C.CC/C=C\C/C=C\C/C=C\C/C=C\C/C=C\C/C=C\CCC(=O)Nc1ccc(O)c(C(=O)O)c1.CC/C=C\C/C=C\C/C=C\C/C=C\C/C=C\C/C=C\CCC(=O)Nc1ccc(O)c(C(=O)OC)c1.CO.COC(=O)c1cc(N)ccc1O.Cl.Nc1ccc(O)c(C(=O)O)c1. The van der Waals surface area contributed by atoms with Gasteiger partial charge in [-0.05, 0) is 163 Å². The molecule has 0 aromatic heterocycles. The van der Waals surface area contributed by atoms with E-state index in [4.69, 9.17) is 31.9 Å². The Hall–Kier alpha value is -10.4. The molecule has 4 aromatic carbocycles. The van der Waals surface area contributed by atoms with Gasteiger partial charge in [0.1, 0.15) is 45.3 Å². The van der Waals surface area contributed by atoms with Gasteiger partial charge in [-0.1, -0.05) is 175 Å². The number of anilines is 4. The van der Waals surface area contributed by atoms with Gasteiger partial charge in [-0.25, -0.2) is 19.2 Å². The van der Waals surface area contributed by atoms with Gasteiger partial charge in [0.15, 0.2) is 0 Å². The van der Waals surface area contributed by atoms with Crippen molar-refractivity contribution < 1.29 is 74.0 Å². The number of methoxy groups -OCH3 is 2. The number of benzene rings is 4. The normalized spacial score (nSPS) is 11.1. The van der Waals surface area contributed by atoms with Crippen molar-refractivity contribution in [1.82, 2.24) is 0 Å². The zero-order valence-electron chi connectivity index (χ0n) is 55.1. The summed E-state index contributed by atoms with van der Waals surface area (Å²) in [7, 11) is 3.48. The molecule has 530 valence electrons. The quantitative estimate of drug-likeness (QED) is 0.00896. The third kappa shape index (κ3) is 48.1. The lowest BCUT2D eigenvalue weighted by Gasteiger charge is -2.07. The molecule has 0 aliphatic heterocycles. The van der Waals surface area contributed by atoms with Gasteiger partial charge in [0.05, 0.1) is 14.2 Å². The van der Waals surface area contributed by atoms with E-state index in [0.717, 1.165) is 84.2 Å². The van der Waals surface area contributed by atoms with Crippen LogP contribution in [0.25, 0.3) is 0 Å². The van der Waals surface area contributed by atoms with Crippen molar-refractivity contribution in [2.75, 3.05) is 43.4 Å². The second-order valence-electron chi connectivity index (χ2n) is 19.6. The van der Waals surface area contributed by atoms with Crippen LogP contribution in [-0.2, 0) is 19.1 Å². The van der Waals surface area contributed by atoms with E-state index in [1.165, 1.54) is 87.0 Å². The van der Waals surface area contributed by atoms with Crippen LogP contribution >= 0.6 is 12.4 Å². The number of nitrogens with two attached hydrogens (primary N) is 2. The number of allylic oxidation sites excluding steroid dienone is 24. The van der Waals surface area contributed by atoms with Gasteiger partial charge in [-0.3, -0.25) is 9.59 Å². The third-order valence-corrected chi connectivity index (χ3v) is 12.1. The number of esters is 2. The summed E-state index contributed by atoms with van der Waals surface area (Å²) in [5.74, 6) is -4.97. The second-order valence-corrected chi connectivity index (χ2v) is 19.6. The average molecular weight is 1360 g/mol. The number of carbonyl (C=O) groups is 6. The number of carbonyl (C=O) groups excluding carboxylic acids is 4. The first kappa shape index (κ1) is 93.0. The Labute approximate surface area is 580 Å². The number of halogens is 1. The van der Waals surface area contributed by atoms with Crippen molar-refractivity contribution in [1.29, 1.82) is 0 Å². The van der Waals surface area contributed by atoms with Crippen molar-refractivity contribution in [2.45, 2.75) is 131 Å². The van der Waals surface area contributed by atoms with Crippen LogP contribution in [0.1, 0.15) is 173 Å². The van der Waals surface area contributed by atoms with E-state index in [2.05, 4.69) is 155 Å². The van der Waals surface area contributed by atoms with Crippen LogP contribution in [0.15, 0.2) is 219 Å². The van der Waals surface area contributed by atoms with Gasteiger partial charge in [0.2, 0.25) is 11.8 Å². The lowest BCUT2D eigenvalue weighted by Crippen LogP contribution is -2.11. The number of aromatic carboxylic acids is 2. The Morgan fingerprint density at radius 2 is 0.598 bits per heavy atom. The molecule has 0 atom stereocenters. The van der Waals surface area contributed by atoms with Gasteiger partial charge in [-0.2, -0.15) is 0 Å². The highest BCUT2D eigenvalue weighted by Gasteiger charge is 2.15. The summed E-state index contributed by atoms with van der Waals surface area (Å²) in [6.07, 6.45) is 64.7. The summed E-state index contributed by atoms with van der Waals surface area (Å²) >= 11 is 0. The molecule has 97 heavy (non-hydrogen) atoms. The number of aliphatic hydroxyl groups excluding tert-OH is 1. The highest BCUT2D eigenvalue weighted by molar-refractivity contribution is 5.97. The Morgan fingerprint density at radius 3 is 0.866 bits per heavy atom. The van der Waals surface area contributed by atoms with Crippen molar-refractivity contribution in [3.63, 3.8) is 0 Å². The van der Waals surface area contributed by atoms with E-state index in [9.17, 15) is 44.1 Å². The van der Waals surface area contributed by atoms with Crippen LogP contribution in [0, 0.1) is 0 Å². The Morgan fingerprint density at radius 1 is 0.371 bits per heavy atom. The number of nitrogen functional groups attached to an aromatic ring is 2. The minimum absolute atomic E-state index is 0. The Bertz CT molecular complexity index is 3280. The number of aromatic hydroxyl groups is 4. The van der Waals surface area contributed by atoms with E-state index in [0.29, 0.717) is 48.4 Å². The Balaban J connectivity index is -0.000000643. The zero-order chi connectivity index (χ0) is 70.0. The lowest BCUT2D eigenvalue weighted by molar-refractivity contribution is -0.116. The number of ether oxygens (including phenoxy) is 2. The first-order valence-corrected chi connectivity index (χ1v) is 30.7. The van der Waals surface area contributed by atoms with Crippen LogP contribution in [0.4, 0.5) is 22.7 Å². The number of hydrogen-bond acceptors (Lipinski definition) is 15.